The second kappa shape index (κ2) is 6.39. The first-order valence-electron chi connectivity index (χ1n) is 7.45. The van der Waals surface area contributed by atoms with Crippen molar-refractivity contribution in [1.29, 1.82) is 0 Å². The maximum Gasteiger partial charge on any atom is 0.225 e. The number of carbonyl (C=O) groups excluding carboxylic acids is 1. The Morgan fingerprint density at radius 3 is 2.95 bits per heavy atom. The molecule has 0 aromatic carbocycles. The van der Waals surface area contributed by atoms with E-state index in [1.807, 2.05) is 31.8 Å². The summed E-state index contributed by atoms with van der Waals surface area (Å²) in [5.41, 5.74) is 6.03. The Hall–Kier alpha value is -1.36. The molecule has 5 heteroatoms. The highest BCUT2D eigenvalue weighted by Gasteiger charge is 2.30. The quantitative estimate of drug-likeness (QED) is 0.908. The van der Waals surface area contributed by atoms with Crippen LogP contribution in [-0.2, 0) is 18.4 Å². The molecule has 1 heterocycles. The monoisotopic (exact) mass is 278 g/mol. The van der Waals surface area contributed by atoms with Gasteiger partial charge in [-0.3, -0.25) is 4.79 Å². The number of carbonyl (C=O) groups is 1. The molecule has 20 heavy (non-hydrogen) atoms. The van der Waals surface area contributed by atoms with Crippen LogP contribution in [0, 0.1) is 11.8 Å². The van der Waals surface area contributed by atoms with Crippen LogP contribution in [0.4, 0.5) is 0 Å². The summed E-state index contributed by atoms with van der Waals surface area (Å²) >= 11 is 0. The van der Waals surface area contributed by atoms with Gasteiger partial charge in [0.15, 0.2) is 0 Å². The predicted molar refractivity (Wildman–Crippen MR) is 78.8 cm³/mol. The number of aromatic nitrogens is 2. The molecule has 0 aliphatic heterocycles. The van der Waals surface area contributed by atoms with E-state index in [4.69, 9.17) is 5.73 Å². The number of hydrogen-bond acceptors (Lipinski definition) is 3. The first kappa shape index (κ1) is 15.0. The Balaban J connectivity index is 1.94. The van der Waals surface area contributed by atoms with Gasteiger partial charge in [0.2, 0.25) is 5.91 Å². The van der Waals surface area contributed by atoms with Gasteiger partial charge in [0.1, 0.15) is 5.82 Å². The van der Waals surface area contributed by atoms with Crippen LogP contribution in [0.15, 0.2) is 12.4 Å². The molecular formula is C15H26N4O. The smallest absolute Gasteiger partial charge is 0.225 e. The Labute approximate surface area is 121 Å². The number of nitrogens with zero attached hydrogens (tertiary/aromatic N) is 3. The zero-order valence-corrected chi connectivity index (χ0v) is 12.7. The Morgan fingerprint density at radius 2 is 2.35 bits per heavy atom. The summed E-state index contributed by atoms with van der Waals surface area (Å²) in [6.07, 6.45) is 8.00. The van der Waals surface area contributed by atoms with E-state index in [1.54, 1.807) is 11.1 Å². The van der Waals surface area contributed by atoms with E-state index in [-0.39, 0.29) is 17.9 Å². The molecule has 2 rings (SSSR count). The van der Waals surface area contributed by atoms with Crippen LogP contribution in [0.5, 0.6) is 0 Å². The fraction of sp³-hybridized carbons (Fsp3) is 0.733. The molecule has 5 nitrogen and oxygen atoms in total. The zero-order valence-electron chi connectivity index (χ0n) is 12.7. The van der Waals surface area contributed by atoms with Crippen molar-refractivity contribution < 1.29 is 4.79 Å². The summed E-state index contributed by atoms with van der Waals surface area (Å²) in [4.78, 5) is 18.6. The van der Waals surface area contributed by atoms with Crippen LogP contribution < -0.4 is 5.73 Å². The van der Waals surface area contributed by atoms with Gasteiger partial charge in [-0.25, -0.2) is 4.98 Å². The van der Waals surface area contributed by atoms with Gasteiger partial charge in [0.05, 0.1) is 6.54 Å². The lowest BCUT2D eigenvalue weighted by Gasteiger charge is -2.32. The summed E-state index contributed by atoms with van der Waals surface area (Å²) < 4.78 is 1.95. The molecule has 1 fully saturated rings. The number of hydrogen-bond donors (Lipinski definition) is 1. The summed E-state index contributed by atoms with van der Waals surface area (Å²) in [5.74, 6) is 1.59. The van der Waals surface area contributed by atoms with E-state index in [0.717, 1.165) is 31.5 Å². The summed E-state index contributed by atoms with van der Waals surface area (Å²) in [6, 6.07) is 0.267. The van der Waals surface area contributed by atoms with Crippen molar-refractivity contribution in [3.05, 3.63) is 18.2 Å². The molecule has 1 aromatic rings. The minimum atomic E-state index is 0.0478. The Kier molecular flexibility index (Phi) is 4.81. The molecule has 112 valence electrons. The zero-order chi connectivity index (χ0) is 14.7. The minimum Gasteiger partial charge on any atom is -0.338 e. The van der Waals surface area contributed by atoms with Crippen LogP contribution in [0.2, 0.25) is 0 Å². The lowest BCUT2D eigenvalue weighted by molar-refractivity contribution is -0.136. The highest BCUT2D eigenvalue weighted by atomic mass is 16.2. The van der Waals surface area contributed by atoms with Crippen LogP contribution in [0.3, 0.4) is 0 Å². The number of imidazole rings is 1. The number of nitrogens with two attached hydrogens (primary N) is 1. The molecule has 1 aliphatic carbocycles. The molecule has 3 unspecified atom stereocenters. The van der Waals surface area contributed by atoms with E-state index < -0.39 is 0 Å². The van der Waals surface area contributed by atoms with E-state index >= 15 is 0 Å². The van der Waals surface area contributed by atoms with E-state index in [9.17, 15) is 4.79 Å². The summed E-state index contributed by atoms with van der Waals surface area (Å²) in [5, 5.41) is 0. The van der Waals surface area contributed by atoms with Crippen molar-refractivity contribution in [2.75, 3.05) is 7.05 Å². The predicted octanol–water partition coefficient (Wildman–Crippen LogP) is 1.53. The molecule has 2 N–H and O–H groups in total. The number of rotatable bonds is 4. The van der Waals surface area contributed by atoms with Crippen molar-refractivity contribution in [3.63, 3.8) is 0 Å². The number of amides is 1. The van der Waals surface area contributed by atoms with Gasteiger partial charge in [-0.15, -0.1) is 0 Å². The van der Waals surface area contributed by atoms with E-state index in [2.05, 4.69) is 4.98 Å². The largest absolute Gasteiger partial charge is 0.338 e. The molecular weight excluding hydrogens is 252 g/mol. The van der Waals surface area contributed by atoms with Gasteiger partial charge in [0, 0.05) is 38.4 Å². The topological polar surface area (TPSA) is 64.2 Å². The maximum atomic E-state index is 12.5. The minimum absolute atomic E-state index is 0.0478. The standard InChI is InChI=1S/C15H26N4O/c1-11(12-5-4-6-13(16)9-12)15(20)19(3)10-14-17-7-8-18(14)2/h7-8,11-13H,4-6,9-10,16H2,1-3H3. The molecule has 1 saturated carbocycles. The van der Waals surface area contributed by atoms with E-state index in [1.165, 1.54) is 0 Å². The summed E-state index contributed by atoms with van der Waals surface area (Å²) in [7, 11) is 3.81. The third-order valence-corrected chi connectivity index (χ3v) is 4.53. The van der Waals surface area contributed by atoms with Gasteiger partial charge in [-0.2, -0.15) is 0 Å². The van der Waals surface area contributed by atoms with E-state index in [0.29, 0.717) is 12.5 Å². The second-order valence-electron chi connectivity index (χ2n) is 6.12. The highest BCUT2D eigenvalue weighted by Crippen LogP contribution is 2.30. The SMILES string of the molecule is CC(C(=O)N(C)Cc1nccn1C)C1CCCC(N)C1. The average molecular weight is 278 g/mol. The van der Waals surface area contributed by atoms with Gasteiger partial charge in [-0.1, -0.05) is 13.3 Å². The third-order valence-electron chi connectivity index (χ3n) is 4.53. The lowest BCUT2D eigenvalue weighted by Crippen LogP contribution is -2.39. The van der Waals surface area contributed by atoms with Gasteiger partial charge in [0.25, 0.3) is 0 Å². The van der Waals surface area contributed by atoms with Crippen molar-refractivity contribution in [2.24, 2.45) is 24.6 Å². The highest BCUT2D eigenvalue weighted by molar-refractivity contribution is 5.78. The molecule has 0 spiro atoms. The fourth-order valence-corrected chi connectivity index (χ4v) is 3.11. The van der Waals surface area contributed by atoms with Crippen molar-refractivity contribution in [1.82, 2.24) is 14.5 Å². The third kappa shape index (κ3) is 3.39. The second-order valence-corrected chi connectivity index (χ2v) is 6.12. The molecule has 3 atom stereocenters. The maximum absolute atomic E-state index is 12.5. The van der Waals surface area contributed by atoms with Crippen molar-refractivity contribution >= 4 is 5.91 Å². The first-order valence-corrected chi connectivity index (χ1v) is 7.45. The molecule has 1 aromatic heterocycles. The molecule has 0 bridgehead atoms. The summed E-state index contributed by atoms with van der Waals surface area (Å²) in [6.45, 7) is 2.60. The Bertz CT molecular complexity index is 456. The van der Waals surface area contributed by atoms with Crippen LogP contribution in [0.25, 0.3) is 0 Å². The van der Waals surface area contributed by atoms with Crippen molar-refractivity contribution in [2.45, 2.75) is 45.2 Å². The lowest BCUT2D eigenvalue weighted by atomic mass is 9.78. The van der Waals surface area contributed by atoms with Crippen LogP contribution in [-0.4, -0.2) is 33.4 Å². The van der Waals surface area contributed by atoms with Gasteiger partial charge < -0.3 is 15.2 Å². The number of aryl methyl sites for hydroxylation is 1. The molecule has 1 amide bonds. The van der Waals surface area contributed by atoms with Crippen LogP contribution >= 0.6 is 0 Å². The van der Waals surface area contributed by atoms with Gasteiger partial charge in [-0.05, 0) is 25.2 Å². The van der Waals surface area contributed by atoms with Crippen LogP contribution in [0.1, 0.15) is 38.4 Å². The van der Waals surface area contributed by atoms with Crippen molar-refractivity contribution in [3.8, 4) is 0 Å². The fourth-order valence-electron chi connectivity index (χ4n) is 3.11. The average Bonchev–Trinajstić information content (AvgIpc) is 2.82. The molecule has 1 aliphatic rings. The first-order chi connectivity index (χ1) is 9.49. The molecule has 0 saturated heterocycles. The Morgan fingerprint density at radius 1 is 1.60 bits per heavy atom. The van der Waals surface area contributed by atoms with Gasteiger partial charge >= 0.3 is 0 Å². The molecule has 0 radical (unpaired) electrons. The normalized spacial score (nSPS) is 24.4.